The Morgan fingerprint density at radius 3 is 2.48 bits per heavy atom. The molecule has 138 valence electrons. The smallest absolute Gasteiger partial charge is 0.326 e. The maximum absolute atomic E-state index is 13.7. The number of H-pyrrole nitrogens is 1. The fraction of sp³-hybridized carbons (Fsp3) is 0.611. The first kappa shape index (κ1) is 18.4. The molecule has 2 aliphatic rings. The van der Waals surface area contributed by atoms with Crippen LogP contribution >= 0.6 is 12.4 Å². The van der Waals surface area contributed by atoms with Crippen LogP contribution in [0.15, 0.2) is 16.9 Å². The predicted octanol–water partition coefficient (Wildman–Crippen LogP) is 3.01. The zero-order chi connectivity index (χ0) is 16.7. The van der Waals surface area contributed by atoms with Gasteiger partial charge in [-0.2, -0.15) is 0 Å². The summed E-state index contributed by atoms with van der Waals surface area (Å²) in [5.74, 6) is -0.273. The second kappa shape index (κ2) is 7.48. The van der Waals surface area contributed by atoms with Crippen LogP contribution in [0.5, 0.6) is 0 Å². The number of aromatic amines is 1. The lowest BCUT2D eigenvalue weighted by Gasteiger charge is -2.39. The lowest BCUT2D eigenvalue weighted by atomic mass is 9.99. The number of fused-ring (bicyclic) bond motifs is 1. The minimum Gasteiger partial charge on any atom is -0.381 e. The van der Waals surface area contributed by atoms with Gasteiger partial charge in [-0.05, 0) is 50.3 Å². The van der Waals surface area contributed by atoms with Crippen molar-refractivity contribution < 1.29 is 9.13 Å². The molecule has 0 unspecified atom stereocenters. The molecule has 0 radical (unpaired) electrons. The third-order valence-electron chi connectivity index (χ3n) is 5.57. The molecule has 25 heavy (non-hydrogen) atoms. The molecule has 0 spiro atoms. The first-order chi connectivity index (χ1) is 11.6. The summed E-state index contributed by atoms with van der Waals surface area (Å²) < 4.78 is 21.0. The Hall–Kier alpha value is -1.37. The van der Waals surface area contributed by atoms with Crippen molar-refractivity contribution in [1.29, 1.82) is 0 Å². The van der Waals surface area contributed by atoms with Gasteiger partial charge in [-0.25, -0.2) is 9.18 Å². The van der Waals surface area contributed by atoms with Crippen molar-refractivity contribution in [3.05, 3.63) is 34.0 Å². The minimum absolute atomic E-state index is 0. The van der Waals surface area contributed by atoms with Crippen LogP contribution < -0.4 is 5.69 Å². The van der Waals surface area contributed by atoms with Gasteiger partial charge in [0.05, 0.1) is 11.0 Å². The molecular weight excluding hydrogens is 345 g/mol. The van der Waals surface area contributed by atoms with Crippen LogP contribution in [0.2, 0.25) is 0 Å². The molecule has 2 aromatic rings. The highest BCUT2D eigenvalue weighted by Gasteiger charge is 2.28. The normalized spacial score (nSPS) is 20.7. The Bertz CT molecular complexity index is 789. The van der Waals surface area contributed by atoms with Crippen molar-refractivity contribution in [1.82, 2.24) is 14.5 Å². The number of halogens is 2. The zero-order valence-electron chi connectivity index (χ0n) is 14.5. The number of nitrogens with zero attached hydrogens (tertiary/aromatic N) is 2. The molecule has 0 aliphatic carbocycles. The van der Waals surface area contributed by atoms with Gasteiger partial charge in [-0.1, -0.05) is 0 Å². The van der Waals surface area contributed by atoms with Gasteiger partial charge in [-0.15, -0.1) is 12.4 Å². The molecule has 1 aromatic carbocycles. The van der Waals surface area contributed by atoms with Gasteiger partial charge in [-0.3, -0.25) is 4.57 Å². The van der Waals surface area contributed by atoms with E-state index in [2.05, 4.69) is 9.88 Å². The van der Waals surface area contributed by atoms with Crippen LogP contribution in [0.25, 0.3) is 11.0 Å². The number of nitrogens with one attached hydrogen (secondary N) is 1. The van der Waals surface area contributed by atoms with E-state index in [4.69, 9.17) is 4.74 Å². The molecule has 1 aromatic heterocycles. The van der Waals surface area contributed by atoms with E-state index in [0.29, 0.717) is 17.1 Å². The molecule has 5 nitrogen and oxygen atoms in total. The highest BCUT2D eigenvalue weighted by molar-refractivity contribution is 5.85. The van der Waals surface area contributed by atoms with Crippen LogP contribution in [0.1, 0.15) is 37.3 Å². The molecule has 7 heteroatoms. The highest BCUT2D eigenvalue weighted by Crippen LogP contribution is 2.28. The Morgan fingerprint density at radius 2 is 1.80 bits per heavy atom. The number of aromatic nitrogens is 2. The Balaban J connectivity index is 0.00000182. The number of hydrogen-bond donors (Lipinski definition) is 1. The lowest BCUT2D eigenvalue weighted by molar-refractivity contribution is 0.0220. The molecule has 2 saturated heterocycles. The minimum atomic E-state index is -0.273. The van der Waals surface area contributed by atoms with Crippen LogP contribution in [0.4, 0.5) is 4.39 Å². The van der Waals surface area contributed by atoms with E-state index < -0.39 is 0 Å². The van der Waals surface area contributed by atoms with E-state index in [1.54, 1.807) is 13.0 Å². The summed E-state index contributed by atoms with van der Waals surface area (Å²) in [7, 11) is 0. The van der Waals surface area contributed by atoms with Crippen molar-refractivity contribution in [3.63, 3.8) is 0 Å². The van der Waals surface area contributed by atoms with Crippen molar-refractivity contribution in [2.24, 2.45) is 0 Å². The number of hydrogen-bond acceptors (Lipinski definition) is 3. The monoisotopic (exact) mass is 369 g/mol. The fourth-order valence-electron chi connectivity index (χ4n) is 4.17. The molecule has 0 bridgehead atoms. The predicted molar refractivity (Wildman–Crippen MR) is 98.2 cm³/mol. The maximum Gasteiger partial charge on any atom is 0.326 e. The second-order valence-corrected chi connectivity index (χ2v) is 7.03. The summed E-state index contributed by atoms with van der Waals surface area (Å²) in [6, 6.07) is 4.02. The van der Waals surface area contributed by atoms with Crippen LogP contribution in [0, 0.1) is 12.7 Å². The molecule has 2 aliphatic heterocycles. The number of likely N-dealkylation sites (tertiary alicyclic amines) is 1. The Kier molecular flexibility index (Phi) is 5.51. The summed E-state index contributed by atoms with van der Waals surface area (Å²) in [5, 5.41) is 0. The van der Waals surface area contributed by atoms with Gasteiger partial charge in [0.1, 0.15) is 5.82 Å². The molecule has 1 N–H and O–H groups in total. The molecule has 0 saturated carbocycles. The number of ether oxygens (including phenoxy) is 1. The SMILES string of the molecule is Cc1cc2c(cc1F)[nH]c(=O)n2C1CCN(C2CCOCC2)CC1.Cl. The summed E-state index contributed by atoms with van der Waals surface area (Å²) in [4.78, 5) is 17.7. The quantitative estimate of drug-likeness (QED) is 0.885. The van der Waals surface area contributed by atoms with E-state index >= 15 is 0 Å². The van der Waals surface area contributed by atoms with Crippen molar-refractivity contribution in [2.45, 2.75) is 44.7 Å². The fourth-order valence-corrected chi connectivity index (χ4v) is 4.17. The van der Waals surface area contributed by atoms with Crippen molar-refractivity contribution in [3.8, 4) is 0 Å². The average Bonchev–Trinajstić information content (AvgIpc) is 2.91. The van der Waals surface area contributed by atoms with Crippen molar-refractivity contribution >= 4 is 23.4 Å². The van der Waals surface area contributed by atoms with E-state index in [9.17, 15) is 9.18 Å². The first-order valence-electron chi connectivity index (χ1n) is 8.85. The molecule has 4 rings (SSSR count). The molecule has 2 fully saturated rings. The lowest BCUT2D eigenvalue weighted by Crippen LogP contribution is -2.45. The Labute approximate surface area is 152 Å². The van der Waals surface area contributed by atoms with Crippen molar-refractivity contribution in [2.75, 3.05) is 26.3 Å². The average molecular weight is 370 g/mol. The highest BCUT2D eigenvalue weighted by atomic mass is 35.5. The first-order valence-corrected chi connectivity index (χ1v) is 8.85. The van der Waals surface area contributed by atoms with Crippen LogP contribution in [-0.4, -0.2) is 46.8 Å². The molecular formula is C18H25ClFN3O2. The molecule has 0 amide bonds. The van der Waals surface area contributed by atoms with Crippen LogP contribution in [-0.2, 0) is 4.74 Å². The zero-order valence-corrected chi connectivity index (χ0v) is 15.3. The summed E-state index contributed by atoms with van der Waals surface area (Å²) in [6.07, 6.45) is 4.13. The van der Waals surface area contributed by atoms with E-state index in [1.807, 2.05) is 4.57 Å². The van der Waals surface area contributed by atoms with Gasteiger partial charge in [0.25, 0.3) is 0 Å². The number of rotatable bonds is 2. The van der Waals surface area contributed by atoms with Crippen LogP contribution in [0.3, 0.4) is 0 Å². The van der Waals surface area contributed by atoms with E-state index in [1.165, 1.54) is 6.07 Å². The van der Waals surface area contributed by atoms with Gasteiger partial charge in [0.2, 0.25) is 0 Å². The topological polar surface area (TPSA) is 50.3 Å². The van der Waals surface area contributed by atoms with E-state index in [0.717, 1.165) is 57.5 Å². The number of piperidine rings is 1. The van der Waals surface area contributed by atoms with Gasteiger partial charge in [0, 0.05) is 38.4 Å². The van der Waals surface area contributed by atoms with Gasteiger partial charge >= 0.3 is 5.69 Å². The second-order valence-electron chi connectivity index (χ2n) is 7.03. The molecule has 0 atom stereocenters. The van der Waals surface area contributed by atoms with Gasteiger partial charge < -0.3 is 14.6 Å². The Morgan fingerprint density at radius 1 is 1.12 bits per heavy atom. The maximum atomic E-state index is 13.7. The summed E-state index contributed by atoms with van der Waals surface area (Å²) in [6.45, 7) is 5.47. The summed E-state index contributed by atoms with van der Waals surface area (Å²) >= 11 is 0. The largest absolute Gasteiger partial charge is 0.381 e. The number of benzene rings is 1. The van der Waals surface area contributed by atoms with E-state index in [-0.39, 0.29) is 30.0 Å². The number of aryl methyl sites for hydroxylation is 1. The standard InChI is InChI=1S/C18H24FN3O2.ClH/c1-12-10-17-16(11-15(12)19)20-18(23)22(17)14-2-6-21(7-3-14)13-4-8-24-9-5-13;/h10-11,13-14H,2-9H2,1H3,(H,20,23);1H. The third-order valence-corrected chi connectivity index (χ3v) is 5.57. The van der Waals surface area contributed by atoms with Gasteiger partial charge in [0.15, 0.2) is 0 Å². The molecule has 3 heterocycles. The number of imidazole rings is 1. The third kappa shape index (κ3) is 3.48. The summed E-state index contributed by atoms with van der Waals surface area (Å²) in [5.41, 5.74) is 1.87.